The van der Waals surface area contributed by atoms with Gasteiger partial charge in [0.2, 0.25) is 5.91 Å². The molecular formula is C22H22F2N4O2. The second kappa shape index (κ2) is 8.71. The Hall–Kier alpha value is -3.13. The van der Waals surface area contributed by atoms with Gasteiger partial charge in [-0.25, -0.2) is 8.78 Å². The Bertz CT molecular complexity index is 1050. The third-order valence-electron chi connectivity index (χ3n) is 5.25. The predicted molar refractivity (Wildman–Crippen MR) is 107 cm³/mol. The van der Waals surface area contributed by atoms with Crippen LogP contribution in [0.1, 0.15) is 24.2 Å². The maximum absolute atomic E-state index is 13.7. The normalized spacial score (nSPS) is 15.3. The summed E-state index contributed by atoms with van der Waals surface area (Å²) in [7, 11) is 0. The fourth-order valence-electron chi connectivity index (χ4n) is 3.59. The van der Waals surface area contributed by atoms with Crippen molar-refractivity contribution >= 4 is 11.6 Å². The molecule has 8 heteroatoms. The molecule has 1 aliphatic rings. The lowest BCUT2D eigenvalue weighted by Crippen LogP contribution is -2.38. The van der Waals surface area contributed by atoms with Crippen molar-refractivity contribution in [1.82, 2.24) is 15.0 Å². The first-order valence-electron chi connectivity index (χ1n) is 9.86. The Labute approximate surface area is 172 Å². The van der Waals surface area contributed by atoms with Crippen LogP contribution in [0.3, 0.4) is 0 Å². The Morgan fingerprint density at radius 1 is 1.20 bits per heavy atom. The molecule has 2 heterocycles. The zero-order valence-corrected chi connectivity index (χ0v) is 16.6. The second-order valence-corrected chi connectivity index (χ2v) is 7.55. The van der Waals surface area contributed by atoms with E-state index in [0.29, 0.717) is 44.2 Å². The van der Waals surface area contributed by atoms with Crippen LogP contribution in [0.2, 0.25) is 0 Å². The molecule has 30 heavy (non-hydrogen) atoms. The van der Waals surface area contributed by atoms with Crippen LogP contribution < -0.4 is 5.32 Å². The molecule has 1 aromatic heterocycles. The number of aromatic nitrogens is 2. The highest BCUT2D eigenvalue weighted by Crippen LogP contribution is 2.23. The van der Waals surface area contributed by atoms with Gasteiger partial charge in [0, 0.05) is 17.5 Å². The molecule has 6 nitrogen and oxygen atoms in total. The van der Waals surface area contributed by atoms with Crippen molar-refractivity contribution in [3.8, 4) is 11.5 Å². The summed E-state index contributed by atoms with van der Waals surface area (Å²) < 4.78 is 32.1. The number of halogens is 2. The molecule has 1 amide bonds. The van der Waals surface area contributed by atoms with E-state index in [4.69, 9.17) is 4.52 Å². The maximum Gasteiger partial charge on any atom is 0.257 e. The molecule has 0 radical (unpaired) electrons. The van der Waals surface area contributed by atoms with Gasteiger partial charge in [0.25, 0.3) is 5.89 Å². The number of amides is 1. The number of carbonyl (C=O) groups is 1. The average Bonchev–Trinajstić information content (AvgIpc) is 3.19. The van der Waals surface area contributed by atoms with Crippen molar-refractivity contribution in [2.24, 2.45) is 5.92 Å². The van der Waals surface area contributed by atoms with Crippen LogP contribution in [-0.2, 0) is 11.3 Å². The first-order chi connectivity index (χ1) is 14.5. The zero-order chi connectivity index (χ0) is 21.1. The quantitative estimate of drug-likeness (QED) is 0.681. The number of nitrogens with one attached hydrogen (secondary N) is 1. The number of likely N-dealkylation sites (tertiary alicyclic amines) is 1. The molecule has 2 aromatic carbocycles. The summed E-state index contributed by atoms with van der Waals surface area (Å²) in [5.41, 5.74) is 2.00. The average molecular weight is 412 g/mol. The molecule has 1 fully saturated rings. The Balaban J connectivity index is 1.30. The van der Waals surface area contributed by atoms with Crippen LogP contribution in [-0.4, -0.2) is 34.0 Å². The molecule has 4 rings (SSSR count). The van der Waals surface area contributed by atoms with Gasteiger partial charge in [0.05, 0.1) is 12.2 Å². The number of benzene rings is 2. The van der Waals surface area contributed by atoms with Gasteiger partial charge < -0.3 is 9.84 Å². The summed E-state index contributed by atoms with van der Waals surface area (Å²) in [5, 5.41) is 6.62. The number of carbonyl (C=O) groups excluding carboxylic acids is 1. The highest BCUT2D eigenvalue weighted by molar-refractivity contribution is 5.92. The Morgan fingerprint density at radius 2 is 2.00 bits per heavy atom. The molecule has 1 aliphatic heterocycles. The second-order valence-electron chi connectivity index (χ2n) is 7.55. The highest BCUT2D eigenvalue weighted by atomic mass is 19.1. The molecule has 0 saturated carbocycles. The van der Waals surface area contributed by atoms with E-state index in [0.717, 1.165) is 23.3 Å². The molecule has 1 saturated heterocycles. The van der Waals surface area contributed by atoms with Gasteiger partial charge in [-0.1, -0.05) is 22.9 Å². The first kappa shape index (κ1) is 20.2. The number of anilines is 1. The molecule has 0 spiro atoms. The van der Waals surface area contributed by atoms with Crippen molar-refractivity contribution in [1.29, 1.82) is 0 Å². The van der Waals surface area contributed by atoms with Gasteiger partial charge in [-0.05, 0) is 57.1 Å². The van der Waals surface area contributed by atoms with Gasteiger partial charge in [-0.2, -0.15) is 4.98 Å². The minimum Gasteiger partial charge on any atom is -0.334 e. The molecule has 156 valence electrons. The van der Waals surface area contributed by atoms with E-state index in [9.17, 15) is 13.6 Å². The van der Waals surface area contributed by atoms with E-state index in [1.165, 1.54) is 6.07 Å². The predicted octanol–water partition coefficient (Wildman–Crippen LogP) is 4.17. The third kappa shape index (κ3) is 4.71. The summed E-state index contributed by atoms with van der Waals surface area (Å²) in [6.07, 6.45) is 1.27. The SMILES string of the molecule is Cc1cccc(-c2nc(CN3CCC(C(=O)Nc4ccc(F)cc4F)CC3)no2)c1. The molecule has 0 aliphatic carbocycles. The largest absolute Gasteiger partial charge is 0.334 e. The topological polar surface area (TPSA) is 71.3 Å². The minimum atomic E-state index is -0.776. The molecule has 0 unspecified atom stereocenters. The van der Waals surface area contributed by atoms with Gasteiger partial charge in [-0.15, -0.1) is 0 Å². The molecule has 0 bridgehead atoms. The number of aryl methyl sites for hydroxylation is 1. The maximum atomic E-state index is 13.7. The van der Waals surface area contributed by atoms with E-state index >= 15 is 0 Å². The Kier molecular flexibility index (Phi) is 5.85. The van der Waals surface area contributed by atoms with E-state index in [2.05, 4.69) is 20.4 Å². The molecular weight excluding hydrogens is 390 g/mol. The molecule has 0 atom stereocenters. The van der Waals surface area contributed by atoms with Gasteiger partial charge in [0.15, 0.2) is 5.82 Å². The summed E-state index contributed by atoms with van der Waals surface area (Å²) in [6, 6.07) is 11.0. The van der Waals surface area contributed by atoms with Gasteiger partial charge in [0.1, 0.15) is 11.6 Å². The fraction of sp³-hybridized carbons (Fsp3) is 0.318. The smallest absolute Gasteiger partial charge is 0.257 e. The molecule has 1 N–H and O–H groups in total. The number of hydrogen-bond donors (Lipinski definition) is 1. The van der Waals surface area contributed by atoms with E-state index in [1.54, 1.807) is 0 Å². The summed E-state index contributed by atoms with van der Waals surface area (Å²) >= 11 is 0. The zero-order valence-electron chi connectivity index (χ0n) is 16.6. The van der Waals surface area contributed by atoms with Crippen molar-refractivity contribution < 1.29 is 18.1 Å². The van der Waals surface area contributed by atoms with E-state index in [1.807, 2.05) is 31.2 Å². The monoisotopic (exact) mass is 412 g/mol. The summed E-state index contributed by atoms with van der Waals surface area (Å²) in [4.78, 5) is 19.1. The van der Waals surface area contributed by atoms with Crippen LogP contribution in [0, 0.1) is 24.5 Å². The number of nitrogens with zero attached hydrogens (tertiary/aromatic N) is 3. The van der Waals surface area contributed by atoms with Crippen LogP contribution in [0.4, 0.5) is 14.5 Å². The Morgan fingerprint density at radius 3 is 2.73 bits per heavy atom. The standard InChI is InChI=1S/C22H22F2N4O2/c1-14-3-2-4-16(11-14)22-26-20(27-30-22)13-28-9-7-15(8-10-28)21(29)25-19-6-5-17(23)12-18(19)24/h2-6,11-12,15H,7-10,13H2,1H3,(H,25,29). The van der Waals surface area contributed by atoms with Crippen LogP contribution in [0.5, 0.6) is 0 Å². The highest BCUT2D eigenvalue weighted by Gasteiger charge is 2.26. The van der Waals surface area contributed by atoms with Crippen LogP contribution in [0.15, 0.2) is 47.0 Å². The van der Waals surface area contributed by atoms with Gasteiger partial charge >= 0.3 is 0 Å². The van der Waals surface area contributed by atoms with Gasteiger partial charge in [-0.3, -0.25) is 9.69 Å². The number of piperidine rings is 1. The summed E-state index contributed by atoms with van der Waals surface area (Å²) in [5.74, 6) is -0.833. The van der Waals surface area contributed by atoms with Crippen molar-refractivity contribution in [3.05, 3.63) is 65.5 Å². The lowest BCUT2D eigenvalue weighted by Gasteiger charge is -2.30. The van der Waals surface area contributed by atoms with E-state index in [-0.39, 0.29) is 17.5 Å². The number of rotatable bonds is 5. The van der Waals surface area contributed by atoms with Crippen LogP contribution >= 0.6 is 0 Å². The molecule has 3 aromatic rings. The van der Waals surface area contributed by atoms with Crippen molar-refractivity contribution in [2.45, 2.75) is 26.3 Å². The van der Waals surface area contributed by atoms with Crippen LogP contribution in [0.25, 0.3) is 11.5 Å². The van der Waals surface area contributed by atoms with E-state index < -0.39 is 11.6 Å². The van der Waals surface area contributed by atoms with Crippen molar-refractivity contribution in [3.63, 3.8) is 0 Å². The number of hydrogen-bond acceptors (Lipinski definition) is 5. The lowest BCUT2D eigenvalue weighted by atomic mass is 9.96. The fourth-order valence-corrected chi connectivity index (χ4v) is 3.59. The third-order valence-corrected chi connectivity index (χ3v) is 5.25. The lowest BCUT2D eigenvalue weighted by molar-refractivity contribution is -0.121. The van der Waals surface area contributed by atoms with Crippen molar-refractivity contribution in [2.75, 3.05) is 18.4 Å². The minimum absolute atomic E-state index is 0.000644. The first-order valence-corrected chi connectivity index (χ1v) is 9.86. The summed E-state index contributed by atoms with van der Waals surface area (Å²) in [6.45, 7) is 3.93.